The molecular formula is C16H10Cl2FN5O2. The van der Waals surface area contributed by atoms with E-state index in [-0.39, 0.29) is 22.3 Å². The average molecular weight is 394 g/mol. The molecular weight excluding hydrogens is 384 g/mol. The highest BCUT2D eigenvalue weighted by Gasteiger charge is 2.24. The van der Waals surface area contributed by atoms with E-state index in [1.807, 2.05) is 0 Å². The monoisotopic (exact) mass is 393 g/mol. The molecule has 0 amide bonds. The zero-order chi connectivity index (χ0) is 18.7. The lowest BCUT2D eigenvalue weighted by atomic mass is 10.3. The highest BCUT2D eigenvalue weighted by molar-refractivity contribution is 6.42. The molecule has 1 aromatic heterocycles. The molecule has 10 heteroatoms. The van der Waals surface area contributed by atoms with Crippen LogP contribution in [-0.4, -0.2) is 14.9 Å². The quantitative estimate of drug-likeness (QED) is 0.450. The Morgan fingerprint density at radius 1 is 1.00 bits per heavy atom. The molecule has 26 heavy (non-hydrogen) atoms. The minimum absolute atomic E-state index is 0.0507. The highest BCUT2D eigenvalue weighted by Crippen LogP contribution is 2.34. The molecule has 7 nitrogen and oxygen atoms in total. The molecule has 0 bridgehead atoms. The van der Waals surface area contributed by atoms with E-state index in [9.17, 15) is 14.5 Å². The molecule has 132 valence electrons. The van der Waals surface area contributed by atoms with Crippen molar-refractivity contribution in [3.05, 3.63) is 74.8 Å². The van der Waals surface area contributed by atoms with Crippen LogP contribution in [0.5, 0.6) is 0 Å². The van der Waals surface area contributed by atoms with E-state index in [4.69, 9.17) is 23.2 Å². The predicted octanol–water partition coefficient (Wildman–Crippen LogP) is 5.32. The summed E-state index contributed by atoms with van der Waals surface area (Å²) in [5, 5.41) is 17.6. The lowest BCUT2D eigenvalue weighted by Crippen LogP contribution is -2.06. The number of halogens is 3. The van der Waals surface area contributed by atoms with Gasteiger partial charge >= 0.3 is 5.69 Å². The van der Waals surface area contributed by atoms with E-state index in [1.165, 1.54) is 30.3 Å². The summed E-state index contributed by atoms with van der Waals surface area (Å²) in [7, 11) is 0. The number of hydrogen-bond acceptors (Lipinski definition) is 6. The zero-order valence-electron chi connectivity index (χ0n) is 12.9. The van der Waals surface area contributed by atoms with Crippen molar-refractivity contribution in [1.82, 2.24) is 9.97 Å². The Hall–Kier alpha value is -2.97. The van der Waals surface area contributed by atoms with Gasteiger partial charge in [-0.2, -0.15) is 0 Å². The second-order valence-electron chi connectivity index (χ2n) is 5.04. The number of aromatic nitrogens is 2. The summed E-state index contributed by atoms with van der Waals surface area (Å²) in [6.07, 6.45) is 1.12. The minimum atomic E-state index is -0.664. The van der Waals surface area contributed by atoms with E-state index in [0.717, 1.165) is 6.33 Å². The van der Waals surface area contributed by atoms with E-state index >= 15 is 0 Å². The van der Waals surface area contributed by atoms with Crippen LogP contribution < -0.4 is 10.6 Å². The molecule has 0 atom stereocenters. The minimum Gasteiger partial charge on any atom is -0.334 e. The van der Waals surface area contributed by atoms with Crippen LogP contribution in [0.2, 0.25) is 10.0 Å². The maximum absolute atomic E-state index is 13.8. The number of nitrogens with one attached hydrogen (secondary N) is 2. The van der Waals surface area contributed by atoms with Crippen LogP contribution >= 0.6 is 23.2 Å². The summed E-state index contributed by atoms with van der Waals surface area (Å²) in [6, 6.07) is 10.4. The molecule has 3 aromatic rings. The number of benzene rings is 2. The molecule has 0 fully saturated rings. The summed E-state index contributed by atoms with van der Waals surface area (Å²) in [4.78, 5) is 18.6. The van der Waals surface area contributed by atoms with Crippen LogP contribution in [0, 0.1) is 15.9 Å². The molecule has 0 spiro atoms. The van der Waals surface area contributed by atoms with Gasteiger partial charge in [0.1, 0.15) is 12.1 Å². The van der Waals surface area contributed by atoms with Gasteiger partial charge in [0.2, 0.25) is 11.6 Å². The second kappa shape index (κ2) is 7.51. The largest absolute Gasteiger partial charge is 0.353 e. The average Bonchev–Trinajstić information content (AvgIpc) is 2.60. The number of nitro groups is 1. The molecule has 0 aliphatic heterocycles. The lowest BCUT2D eigenvalue weighted by Gasteiger charge is -2.11. The molecule has 0 unspecified atom stereocenters. The van der Waals surface area contributed by atoms with Crippen molar-refractivity contribution >= 4 is 51.9 Å². The van der Waals surface area contributed by atoms with Crippen LogP contribution in [0.15, 0.2) is 48.8 Å². The molecule has 0 saturated carbocycles. The predicted molar refractivity (Wildman–Crippen MR) is 98.1 cm³/mol. The highest BCUT2D eigenvalue weighted by atomic mass is 35.5. The van der Waals surface area contributed by atoms with Crippen molar-refractivity contribution in [2.45, 2.75) is 0 Å². The third-order valence-electron chi connectivity index (χ3n) is 3.31. The van der Waals surface area contributed by atoms with Crippen molar-refractivity contribution in [2.75, 3.05) is 10.6 Å². The van der Waals surface area contributed by atoms with Crippen LogP contribution in [0.1, 0.15) is 0 Å². The topological polar surface area (TPSA) is 93.0 Å². The molecule has 0 aliphatic rings. The van der Waals surface area contributed by atoms with E-state index < -0.39 is 16.4 Å². The van der Waals surface area contributed by atoms with Crippen LogP contribution in [-0.2, 0) is 0 Å². The summed E-state index contributed by atoms with van der Waals surface area (Å²) in [6.45, 7) is 0. The Balaban J connectivity index is 1.99. The van der Waals surface area contributed by atoms with Crippen LogP contribution in [0.3, 0.4) is 0 Å². The Morgan fingerprint density at radius 3 is 2.35 bits per heavy atom. The first-order valence-electron chi connectivity index (χ1n) is 7.18. The first-order valence-corrected chi connectivity index (χ1v) is 7.94. The Kier molecular flexibility index (Phi) is 5.15. The van der Waals surface area contributed by atoms with Gasteiger partial charge in [0.25, 0.3) is 0 Å². The van der Waals surface area contributed by atoms with Gasteiger partial charge in [0.05, 0.1) is 20.7 Å². The number of anilines is 4. The van der Waals surface area contributed by atoms with Gasteiger partial charge in [-0.3, -0.25) is 10.1 Å². The fourth-order valence-electron chi connectivity index (χ4n) is 2.14. The second-order valence-corrected chi connectivity index (χ2v) is 5.85. The van der Waals surface area contributed by atoms with Crippen molar-refractivity contribution in [3.8, 4) is 0 Å². The molecule has 0 aliphatic carbocycles. The summed E-state index contributed by atoms with van der Waals surface area (Å²) < 4.78 is 13.8. The van der Waals surface area contributed by atoms with Gasteiger partial charge in [0, 0.05) is 5.69 Å². The molecule has 1 heterocycles. The molecule has 0 radical (unpaired) electrons. The van der Waals surface area contributed by atoms with Gasteiger partial charge in [-0.1, -0.05) is 35.3 Å². The van der Waals surface area contributed by atoms with Crippen molar-refractivity contribution < 1.29 is 9.31 Å². The van der Waals surface area contributed by atoms with Gasteiger partial charge in [-0.25, -0.2) is 14.4 Å². The normalized spacial score (nSPS) is 10.4. The fourth-order valence-corrected chi connectivity index (χ4v) is 2.43. The summed E-state index contributed by atoms with van der Waals surface area (Å²) >= 11 is 11.8. The Morgan fingerprint density at radius 2 is 1.69 bits per heavy atom. The Bertz CT molecular complexity index is 987. The third kappa shape index (κ3) is 3.81. The fraction of sp³-hybridized carbons (Fsp3) is 0. The summed E-state index contributed by atoms with van der Waals surface area (Å²) in [5.41, 5.74) is 0.0506. The Labute approximate surface area is 157 Å². The van der Waals surface area contributed by atoms with Gasteiger partial charge in [-0.15, -0.1) is 0 Å². The van der Waals surface area contributed by atoms with Crippen LogP contribution in [0.4, 0.5) is 33.1 Å². The van der Waals surface area contributed by atoms with E-state index in [0.29, 0.717) is 10.7 Å². The van der Waals surface area contributed by atoms with E-state index in [1.54, 1.807) is 12.1 Å². The molecule has 2 aromatic carbocycles. The van der Waals surface area contributed by atoms with Gasteiger partial charge in [0.15, 0.2) is 0 Å². The number of rotatable bonds is 5. The number of hydrogen-bond donors (Lipinski definition) is 2. The van der Waals surface area contributed by atoms with Crippen molar-refractivity contribution in [1.29, 1.82) is 0 Å². The first-order chi connectivity index (χ1) is 12.5. The zero-order valence-corrected chi connectivity index (χ0v) is 14.4. The van der Waals surface area contributed by atoms with E-state index in [2.05, 4.69) is 20.6 Å². The van der Waals surface area contributed by atoms with Crippen molar-refractivity contribution in [2.24, 2.45) is 0 Å². The molecule has 0 saturated heterocycles. The standard InChI is InChI=1S/C16H10Cl2FN5O2/c17-10-6-5-9(7-11(10)18)22-15-14(24(25)26)16(21-8-20-15)23-13-4-2-1-3-12(13)19/h1-8H,(H2,20,21,22,23). The van der Waals surface area contributed by atoms with Crippen LogP contribution in [0.25, 0.3) is 0 Å². The SMILES string of the molecule is O=[N+]([O-])c1c(Nc2ccc(Cl)c(Cl)c2)ncnc1Nc1ccccc1F. The van der Waals surface area contributed by atoms with Crippen molar-refractivity contribution in [3.63, 3.8) is 0 Å². The molecule has 3 rings (SSSR count). The number of nitrogens with zero attached hydrogens (tertiary/aromatic N) is 3. The van der Waals surface area contributed by atoms with Gasteiger partial charge < -0.3 is 10.6 Å². The summed E-state index contributed by atoms with van der Waals surface area (Å²) in [5.74, 6) is -0.806. The molecule has 2 N–H and O–H groups in total. The maximum atomic E-state index is 13.8. The smallest absolute Gasteiger partial charge is 0.334 e. The lowest BCUT2D eigenvalue weighted by molar-refractivity contribution is -0.383. The third-order valence-corrected chi connectivity index (χ3v) is 4.05. The first kappa shape index (κ1) is 17.8. The van der Waals surface area contributed by atoms with Gasteiger partial charge in [-0.05, 0) is 30.3 Å². The number of para-hydroxylation sites is 1. The maximum Gasteiger partial charge on any atom is 0.353 e.